The van der Waals surface area contributed by atoms with Gasteiger partial charge in [0.15, 0.2) is 0 Å². The summed E-state index contributed by atoms with van der Waals surface area (Å²) in [6.45, 7) is 4.33. The van der Waals surface area contributed by atoms with E-state index in [1.54, 1.807) is 7.11 Å². The number of carbonyl (C=O) groups is 1. The average molecular weight is 423 g/mol. The molecule has 0 aliphatic carbocycles. The van der Waals surface area contributed by atoms with Crippen LogP contribution in [0, 0.1) is 6.92 Å². The van der Waals surface area contributed by atoms with Crippen LogP contribution in [0.5, 0.6) is 5.75 Å². The first-order valence-corrected chi connectivity index (χ1v) is 10.6. The minimum Gasteiger partial charge on any atom is -0.496 e. The van der Waals surface area contributed by atoms with Gasteiger partial charge < -0.3 is 14.8 Å². The summed E-state index contributed by atoms with van der Waals surface area (Å²) in [6, 6.07) is 11.2. The van der Waals surface area contributed by atoms with Crippen LogP contribution in [-0.4, -0.2) is 29.8 Å². The Morgan fingerprint density at radius 2 is 1.97 bits per heavy atom. The molecule has 4 rings (SSSR count). The lowest BCUT2D eigenvalue weighted by atomic mass is 9.96. The Morgan fingerprint density at radius 1 is 1.23 bits per heavy atom. The number of benzene rings is 2. The van der Waals surface area contributed by atoms with Crippen molar-refractivity contribution in [1.29, 1.82) is 0 Å². The standard InChI is InChI=1S/C23H22N2O4S/c1-4-10-25(23(27)28)15-7-5-14(6-8-15)18-17(29-3)12-13(2)20-19(18)21-16(9-11-30-21)22(26)24-20/h5-9,11-12H,4,10H2,1-3H3,(H,24,26)(H,27,28). The zero-order valence-corrected chi connectivity index (χ0v) is 17.8. The lowest BCUT2D eigenvalue weighted by Gasteiger charge is -2.19. The van der Waals surface area contributed by atoms with Crippen molar-refractivity contribution in [3.63, 3.8) is 0 Å². The largest absolute Gasteiger partial charge is 0.496 e. The van der Waals surface area contributed by atoms with E-state index >= 15 is 0 Å². The first kappa shape index (κ1) is 20.0. The van der Waals surface area contributed by atoms with Gasteiger partial charge in [-0.15, -0.1) is 11.3 Å². The highest BCUT2D eigenvalue weighted by Crippen LogP contribution is 2.42. The van der Waals surface area contributed by atoms with Gasteiger partial charge in [-0.2, -0.15) is 0 Å². The number of rotatable bonds is 5. The van der Waals surface area contributed by atoms with E-state index in [4.69, 9.17) is 4.74 Å². The molecular formula is C23H22N2O4S. The van der Waals surface area contributed by atoms with E-state index in [1.807, 2.05) is 55.6 Å². The Morgan fingerprint density at radius 3 is 2.60 bits per heavy atom. The zero-order chi connectivity index (χ0) is 21.4. The third-order valence-corrected chi connectivity index (χ3v) is 6.16. The van der Waals surface area contributed by atoms with E-state index in [1.165, 1.54) is 16.2 Å². The minimum absolute atomic E-state index is 0.106. The van der Waals surface area contributed by atoms with Gasteiger partial charge in [-0.05, 0) is 54.1 Å². The SMILES string of the molecule is CCCN(C(=O)O)c1ccc(-c2c(OC)cc(C)c3[nH]c(=O)c4ccsc4c23)cc1. The van der Waals surface area contributed by atoms with Gasteiger partial charge in [-0.1, -0.05) is 19.1 Å². The number of methoxy groups -OCH3 is 1. The van der Waals surface area contributed by atoms with Crippen LogP contribution in [0.3, 0.4) is 0 Å². The molecule has 0 aliphatic rings. The predicted molar refractivity (Wildman–Crippen MR) is 122 cm³/mol. The molecule has 0 bridgehead atoms. The molecule has 0 aliphatic heterocycles. The number of pyridine rings is 1. The Kier molecular flexibility index (Phi) is 5.22. The van der Waals surface area contributed by atoms with Crippen molar-refractivity contribution in [1.82, 2.24) is 4.98 Å². The Hall–Kier alpha value is -3.32. The van der Waals surface area contributed by atoms with E-state index in [2.05, 4.69) is 4.98 Å². The number of H-pyrrole nitrogens is 1. The van der Waals surface area contributed by atoms with E-state index in [-0.39, 0.29) is 5.56 Å². The number of thiophene rings is 1. The summed E-state index contributed by atoms with van der Waals surface area (Å²) in [7, 11) is 1.63. The first-order valence-electron chi connectivity index (χ1n) is 9.68. The summed E-state index contributed by atoms with van der Waals surface area (Å²) < 4.78 is 6.62. The molecule has 0 unspecified atom stereocenters. The molecule has 2 aromatic heterocycles. The monoisotopic (exact) mass is 422 g/mol. The van der Waals surface area contributed by atoms with Gasteiger partial charge >= 0.3 is 6.09 Å². The number of nitrogens with zero attached hydrogens (tertiary/aromatic N) is 1. The third-order valence-electron chi connectivity index (χ3n) is 5.23. The Labute approximate surface area is 177 Å². The number of amides is 1. The summed E-state index contributed by atoms with van der Waals surface area (Å²) in [5, 5.41) is 13.0. The lowest BCUT2D eigenvalue weighted by Crippen LogP contribution is -2.29. The van der Waals surface area contributed by atoms with Gasteiger partial charge in [0.2, 0.25) is 0 Å². The highest BCUT2D eigenvalue weighted by Gasteiger charge is 2.19. The topological polar surface area (TPSA) is 82.6 Å². The van der Waals surface area contributed by atoms with Crippen molar-refractivity contribution in [3.8, 4) is 16.9 Å². The number of ether oxygens (including phenoxy) is 1. The van der Waals surface area contributed by atoms with Crippen LogP contribution in [0.15, 0.2) is 46.6 Å². The molecule has 2 N–H and O–H groups in total. The number of aryl methyl sites for hydroxylation is 1. The molecule has 2 aromatic carbocycles. The molecule has 154 valence electrons. The molecule has 0 saturated carbocycles. The molecule has 6 nitrogen and oxygen atoms in total. The molecule has 0 radical (unpaired) electrons. The van der Waals surface area contributed by atoms with Gasteiger partial charge in [0.1, 0.15) is 5.75 Å². The van der Waals surface area contributed by atoms with Crippen molar-refractivity contribution in [3.05, 3.63) is 57.7 Å². The molecule has 0 atom stereocenters. The smallest absolute Gasteiger partial charge is 0.411 e. The normalized spacial score (nSPS) is 11.2. The van der Waals surface area contributed by atoms with Crippen LogP contribution >= 0.6 is 11.3 Å². The number of hydrogen-bond acceptors (Lipinski definition) is 4. The van der Waals surface area contributed by atoms with E-state index in [9.17, 15) is 14.7 Å². The number of nitrogens with one attached hydrogen (secondary N) is 1. The van der Waals surface area contributed by atoms with Crippen LogP contribution in [0.2, 0.25) is 0 Å². The molecule has 30 heavy (non-hydrogen) atoms. The zero-order valence-electron chi connectivity index (χ0n) is 17.0. The van der Waals surface area contributed by atoms with Crippen LogP contribution < -0.4 is 15.2 Å². The van der Waals surface area contributed by atoms with Crippen molar-refractivity contribution >= 4 is 44.1 Å². The summed E-state index contributed by atoms with van der Waals surface area (Å²) >= 11 is 1.52. The third kappa shape index (κ3) is 3.21. The second-order valence-corrected chi connectivity index (χ2v) is 8.04. The summed E-state index contributed by atoms with van der Waals surface area (Å²) in [4.78, 5) is 28.4. The van der Waals surface area contributed by atoms with Crippen LogP contribution in [0.1, 0.15) is 18.9 Å². The average Bonchev–Trinajstić information content (AvgIpc) is 3.23. The van der Waals surface area contributed by atoms with Gasteiger partial charge in [-0.25, -0.2) is 4.79 Å². The molecule has 0 saturated heterocycles. The molecule has 0 spiro atoms. The van der Waals surface area contributed by atoms with Crippen molar-refractivity contribution < 1.29 is 14.6 Å². The highest BCUT2D eigenvalue weighted by atomic mass is 32.1. The minimum atomic E-state index is -0.971. The van der Waals surface area contributed by atoms with Crippen LogP contribution in [0.25, 0.3) is 32.1 Å². The lowest BCUT2D eigenvalue weighted by molar-refractivity contribution is 0.202. The number of carboxylic acid groups (broad SMARTS) is 1. The van der Waals surface area contributed by atoms with Gasteiger partial charge in [0, 0.05) is 27.9 Å². The predicted octanol–water partition coefficient (Wildman–Crippen LogP) is 5.62. The van der Waals surface area contributed by atoms with Crippen molar-refractivity contribution in [2.75, 3.05) is 18.6 Å². The Bertz CT molecular complexity index is 1310. The van der Waals surface area contributed by atoms with E-state index in [0.29, 0.717) is 23.4 Å². The molecule has 4 aromatic rings. The maximum absolute atomic E-state index is 12.5. The van der Waals surface area contributed by atoms with Gasteiger partial charge in [0.05, 0.1) is 18.0 Å². The molecular weight excluding hydrogens is 400 g/mol. The molecule has 1 amide bonds. The Balaban J connectivity index is 1.98. The van der Waals surface area contributed by atoms with Gasteiger partial charge in [-0.3, -0.25) is 9.69 Å². The van der Waals surface area contributed by atoms with Gasteiger partial charge in [0.25, 0.3) is 5.56 Å². The molecule has 7 heteroatoms. The summed E-state index contributed by atoms with van der Waals surface area (Å²) in [5.41, 5.74) is 4.00. The number of hydrogen-bond donors (Lipinski definition) is 2. The number of fused-ring (bicyclic) bond motifs is 3. The summed E-state index contributed by atoms with van der Waals surface area (Å²) in [6.07, 6.45) is -0.241. The number of aromatic amines is 1. The molecule has 0 fully saturated rings. The first-order chi connectivity index (χ1) is 14.5. The van der Waals surface area contributed by atoms with Crippen molar-refractivity contribution in [2.45, 2.75) is 20.3 Å². The van der Waals surface area contributed by atoms with Crippen molar-refractivity contribution in [2.24, 2.45) is 0 Å². The van der Waals surface area contributed by atoms with E-state index in [0.717, 1.165) is 38.7 Å². The highest BCUT2D eigenvalue weighted by molar-refractivity contribution is 7.18. The number of aromatic nitrogens is 1. The molecule has 2 heterocycles. The summed E-state index contributed by atoms with van der Waals surface area (Å²) in [5.74, 6) is 0.707. The van der Waals surface area contributed by atoms with Crippen LogP contribution in [-0.2, 0) is 0 Å². The quantitative estimate of drug-likeness (QED) is 0.437. The fraction of sp³-hybridized carbons (Fsp3) is 0.217. The fourth-order valence-electron chi connectivity index (χ4n) is 3.85. The maximum atomic E-state index is 12.5. The second kappa shape index (κ2) is 7.84. The second-order valence-electron chi connectivity index (χ2n) is 7.12. The van der Waals surface area contributed by atoms with Crippen LogP contribution in [0.4, 0.5) is 10.5 Å². The maximum Gasteiger partial charge on any atom is 0.411 e. The van der Waals surface area contributed by atoms with E-state index < -0.39 is 6.09 Å². The fourth-order valence-corrected chi connectivity index (χ4v) is 4.80. The number of anilines is 1.